The normalized spacial score (nSPS) is 18.7. The number of tetrazole rings is 1. The summed E-state index contributed by atoms with van der Waals surface area (Å²) >= 11 is 0. The smallest absolute Gasteiger partial charge is 0.261 e. The third-order valence-corrected chi connectivity index (χ3v) is 6.04. The van der Waals surface area contributed by atoms with Crippen LogP contribution in [0.4, 0.5) is 0 Å². The standard InChI is InChI=1S/C21H29N5O2/c27-21(15-28-20-13-11-17(12-14-20)25-16-22-23-24-25)26(18-7-3-1-4-8-18)19-9-5-2-6-10-19/h11-14,16,18-19H,1-10,15H2. The maximum absolute atomic E-state index is 13.1. The fourth-order valence-corrected chi connectivity index (χ4v) is 4.62. The van der Waals surface area contributed by atoms with Crippen LogP contribution in [0.15, 0.2) is 30.6 Å². The molecular formula is C21H29N5O2. The lowest BCUT2D eigenvalue weighted by Gasteiger charge is -2.41. The van der Waals surface area contributed by atoms with Gasteiger partial charge in [0.05, 0.1) is 5.69 Å². The second-order valence-electron chi connectivity index (χ2n) is 7.92. The molecule has 0 atom stereocenters. The van der Waals surface area contributed by atoms with Crippen molar-refractivity contribution in [2.75, 3.05) is 6.61 Å². The Balaban J connectivity index is 1.39. The highest BCUT2D eigenvalue weighted by Gasteiger charge is 2.32. The third kappa shape index (κ3) is 4.51. The van der Waals surface area contributed by atoms with E-state index in [9.17, 15) is 4.79 Å². The first-order chi connectivity index (χ1) is 13.8. The number of aromatic nitrogens is 4. The molecular weight excluding hydrogens is 354 g/mol. The lowest BCUT2D eigenvalue weighted by atomic mass is 9.88. The number of benzene rings is 1. The van der Waals surface area contributed by atoms with Gasteiger partial charge in [0, 0.05) is 12.1 Å². The van der Waals surface area contributed by atoms with Crippen LogP contribution in [0.3, 0.4) is 0 Å². The Labute approximate surface area is 166 Å². The summed E-state index contributed by atoms with van der Waals surface area (Å²) in [5.41, 5.74) is 0.856. The summed E-state index contributed by atoms with van der Waals surface area (Å²) in [6.45, 7) is 0.108. The van der Waals surface area contributed by atoms with E-state index in [-0.39, 0.29) is 12.5 Å². The van der Waals surface area contributed by atoms with E-state index in [0.717, 1.165) is 31.4 Å². The molecule has 0 bridgehead atoms. The lowest BCUT2D eigenvalue weighted by molar-refractivity contribution is -0.140. The van der Waals surface area contributed by atoms with Crippen LogP contribution >= 0.6 is 0 Å². The van der Waals surface area contributed by atoms with Crippen molar-refractivity contribution >= 4 is 5.91 Å². The molecule has 2 fully saturated rings. The van der Waals surface area contributed by atoms with Crippen molar-refractivity contribution in [3.63, 3.8) is 0 Å². The number of hydrogen-bond acceptors (Lipinski definition) is 5. The highest BCUT2D eigenvalue weighted by Crippen LogP contribution is 2.30. The molecule has 1 amide bonds. The minimum Gasteiger partial charge on any atom is -0.484 e. The van der Waals surface area contributed by atoms with E-state index in [1.807, 2.05) is 24.3 Å². The van der Waals surface area contributed by atoms with Gasteiger partial charge in [0.2, 0.25) is 0 Å². The zero-order chi connectivity index (χ0) is 19.2. The fourth-order valence-electron chi connectivity index (χ4n) is 4.62. The number of carbonyl (C=O) groups is 1. The summed E-state index contributed by atoms with van der Waals surface area (Å²) in [7, 11) is 0. The van der Waals surface area contributed by atoms with Crippen molar-refractivity contribution in [1.82, 2.24) is 25.1 Å². The molecule has 2 saturated carbocycles. The van der Waals surface area contributed by atoms with Crippen molar-refractivity contribution in [2.45, 2.75) is 76.3 Å². The Morgan fingerprint density at radius 1 is 0.964 bits per heavy atom. The van der Waals surface area contributed by atoms with Crippen molar-refractivity contribution in [2.24, 2.45) is 0 Å². The number of rotatable bonds is 6. The number of amides is 1. The second-order valence-corrected chi connectivity index (χ2v) is 7.92. The second kappa shape index (κ2) is 9.17. The molecule has 7 nitrogen and oxygen atoms in total. The van der Waals surface area contributed by atoms with E-state index in [1.54, 1.807) is 11.0 Å². The van der Waals surface area contributed by atoms with Gasteiger partial charge < -0.3 is 9.64 Å². The van der Waals surface area contributed by atoms with Gasteiger partial charge in [-0.25, -0.2) is 4.68 Å². The van der Waals surface area contributed by atoms with Gasteiger partial charge in [-0.2, -0.15) is 0 Å². The van der Waals surface area contributed by atoms with Gasteiger partial charge in [-0.3, -0.25) is 4.79 Å². The predicted octanol–water partition coefficient (Wildman–Crippen LogP) is 3.54. The van der Waals surface area contributed by atoms with Crippen molar-refractivity contribution in [3.05, 3.63) is 30.6 Å². The van der Waals surface area contributed by atoms with Gasteiger partial charge in [-0.05, 0) is 60.4 Å². The van der Waals surface area contributed by atoms with Crippen LogP contribution in [0.2, 0.25) is 0 Å². The van der Waals surface area contributed by atoms with E-state index in [2.05, 4.69) is 20.4 Å². The summed E-state index contributed by atoms with van der Waals surface area (Å²) in [4.78, 5) is 15.3. The summed E-state index contributed by atoms with van der Waals surface area (Å²) in [5, 5.41) is 11.2. The average molecular weight is 383 g/mol. The van der Waals surface area contributed by atoms with Crippen molar-refractivity contribution < 1.29 is 9.53 Å². The highest BCUT2D eigenvalue weighted by atomic mass is 16.5. The molecule has 2 aliphatic rings. The molecule has 0 spiro atoms. The van der Waals surface area contributed by atoms with Crippen LogP contribution in [-0.4, -0.2) is 49.7 Å². The van der Waals surface area contributed by atoms with Crippen LogP contribution in [0.1, 0.15) is 64.2 Å². The number of nitrogens with zero attached hydrogens (tertiary/aromatic N) is 5. The molecule has 0 N–H and O–H groups in total. The van der Waals surface area contributed by atoms with Crippen LogP contribution in [-0.2, 0) is 4.79 Å². The lowest BCUT2D eigenvalue weighted by Crippen LogP contribution is -2.50. The molecule has 2 aromatic rings. The van der Waals surface area contributed by atoms with E-state index in [4.69, 9.17) is 4.74 Å². The zero-order valence-corrected chi connectivity index (χ0v) is 16.4. The fraction of sp³-hybridized carbons (Fsp3) is 0.619. The maximum Gasteiger partial charge on any atom is 0.261 e. The first-order valence-electron chi connectivity index (χ1n) is 10.6. The summed E-state index contributed by atoms with van der Waals surface area (Å²) in [5.74, 6) is 0.834. The zero-order valence-electron chi connectivity index (χ0n) is 16.4. The summed E-state index contributed by atoms with van der Waals surface area (Å²) in [6.07, 6.45) is 13.7. The van der Waals surface area contributed by atoms with Crippen molar-refractivity contribution in [3.8, 4) is 11.4 Å². The summed E-state index contributed by atoms with van der Waals surface area (Å²) < 4.78 is 7.44. The molecule has 4 rings (SSSR count). The molecule has 7 heteroatoms. The van der Waals surface area contributed by atoms with Gasteiger partial charge >= 0.3 is 0 Å². The molecule has 0 aliphatic heterocycles. The van der Waals surface area contributed by atoms with Gasteiger partial charge in [-0.1, -0.05) is 38.5 Å². The monoisotopic (exact) mass is 383 g/mol. The molecule has 0 saturated heterocycles. The van der Waals surface area contributed by atoms with Crippen LogP contribution in [0.5, 0.6) is 5.75 Å². The quantitative estimate of drug-likeness (QED) is 0.763. The molecule has 28 heavy (non-hydrogen) atoms. The van der Waals surface area contributed by atoms with Crippen LogP contribution in [0.25, 0.3) is 5.69 Å². The number of ether oxygens (including phenoxy) is 1. The molecule has 1 aromatic heterocycles. The number of hydrogen-bond donors (Lipinski definition) is 0. The average Bonchev–Trinajstić information content (AvgIpc) is 3.29. The van der Waals surface area contributed by atoms with E-state index in [0.29, 0.717) is 17.8 Å². The van der Waals surface area contributed by atoms with Crippen LogP contribution < -0.4 is 4.74 Å². The van der Waals surface area contributed by atoms with Gasteiger partial charge in [0.15, 0.2) is 6.61 Å². The van der Waals surface area contributed by atoms with E-state index >= 15 is 0 Å². The molecule has 0 unspecified atom stereocenters. The maximum atomic E-state index is 13.1. The molecule has 0 radical (unpaired) electrons. The first kappa shape index (κ1) is 18.9. The van der Waals surface area contributed by atoms with Crippen molar-refractivity contribution in [1.29, 1.82) is 0 Å². The first-order valence-corrected chi connectivity index (χ1v) is 10.6. The largest absolute Gasteiger partial charge is 0.484 e. The topological polar surface area (TPSA) is 73.1 Å². The molecule has 1 heterocycles. The predicted molar refractivity (Wildman–Crippen MR) is 105 cm³/mol. The highest BCUT2D eigenvalue weighted by molar-refractivity contribution is 5.78. The Bertz CT molecular complexity index is 717. The van der Waals surface area contributed by atoms with E-state index < -0.39 is 0 Å². The molecule has 1 aromatic carbocycles. The number of carbonyl (C=O) groups excluding carboxylic acids is 1. The Hall–Kier alpha value is -2.44. The Kier molecular flexibility index (Phi) is 6.19. The Morgan fingerprint density at radius 2 is 1.57 bits per heavy atom. The summed E-state index contributed by atoms with van der Waals surface area (Å²) in [6, 6.07) is 8.28. The van der Waals surface area contributed by atoms with Crippen LogP contribution in [0, 0.1) is 0 Å². The minimum absolute atomic E-state index is 0.108. The van der Waals surface area contributed by atoms with Gasteiger partial charge in [0.25, 0.3) is 5.91 Å². The molecule has 150 valence electrons. The molecule has 2 aliphatic carbocycles. The SMILES string of the molecule is O=C(COc1ccc(-n2cnnn2)cc1)N(C1CCCCC1)C1CCCCC1. The van der Waals surface area contributed by atoms with Gasteiger partial charge in [-0.15, -0.1) is 5.10 Å². The third-order valence-electron chi connectivity index (χ3n) is 6.04. The van der Waals surface area contributed by atoms with E-state index in [1.165, 1.54) is 38.5 Å². The minimum atomic E-state index is 0.108. The Morgan fingerprint density at radius 3 is 2.11 bits per heavy atom. The van der Waals surface area contributed by atoms with Gasteiger partial charge in [0.1, 0.15) is 12.1 Å².